The van der Waals surface area contributed by atoms with E-state index in [4.69, 9.17) is 0 Å². The van der Waals surface area contributed by atoms with E-state index >= 15 is 0 Å². The van der Waals surface area contributed by atoms with E-state index in [1.165, 1.54) is 24.4 Å². The molecule has 2 aromatic rings. The topological polar surface area (TPSA) is 54.9 Å². The Hall–Kier alpha value is -1.82. The Labute approximate surface area is 105 Å². The molecule has 6 heteroatoms. The van der Waals surface area contributed by atoms with Gasteiger partial charge in [0.1, 0.15) is 11.5 Å². The fraction of sp³-hybridized carbons (Fsp3) is 0. The quantitative estimate of drug-likeness (QED) is 0.867. The molecule has 0 aromatic carbocycles. The van der Waals surface area contributed by atoms with Gasteiger partial charge in [0.05, 0.1) is 0 Å². The standard InChI is InChI=1S/C11H7BrFN3O/c12-7-4-5-8(14-6-7)11(17)16-10-3-1-2-9(13)15-10/h1-6H,(H,15,16,17). The third-order valence-electron chi connectivity index (χ3n) is 1.92. The van der Waals surface area contributed by atoms with Gasteiger partial charge in [0, 0.05) is 10.7 Å². The summed E-state index contributed by atoms with van der Waals surface area (Å²) in [5, 5.41) is 2.45. The molecule has 0 unspecified atom stereocenters. The lowest BCUT2D eigenvalue weighted by molar-refractivity contribution is 0.102. The maximum absolute atomic E-state index is 12.8. The molecule has 86 valence electrons. The van der Waals surface area contributed by atoms with E-state index in [0.717, 1.165) is 4.47 Å². The monoisotopic (exact) mass is 295 g/mol. The fourth-order valence-corrected chi connectivity index (χ4v) is 1.40. The summed E-state index contributed by atoms with van der Waals surface area (Å²) in [6.07, 6.45) is 1.51. The van der Waals surface area contributed by atoms with Crippen LogP contribution in [0.5, 0.6) is 0 Å². The Kier molecular flexibility index (Phi) is 3.43. The number of rotatable bonds is 2. The second-order valence-corrected chi connectivity index (χ2v) is 4.08. The molecule has 0 bridgehead atoms. The van der Waals surface area contributed by atoms with E-state index in [1.807, 2.05) is 0 Å². The number of pyridine rings is 2. The maximum atomic E-state index is 12.8. The molecule has 2 aromatic heterocycles. The molecule has 0 aliphatic rings. The number of aromatic nitrogens is 2. The van der Waals surface area contributed by atoms with Gasteiger partial charge in [-0.25, -0.2) is 9.97 Å². The molecule has 1 N–H and O–H groups in total. The lowest BCUT2D eigenvalue weighted by Gasteiger charge is -2.03. The van der Waals surface area contributed by atoms with Crippen molar-refractivity contribution in [1.82, 2.24) is 9.97 Å². The lowest BCUT2D eigenvalue weighted by atomic mass is 10.3. The SMILES string of the molecule is O=C(Nc1cccc(F)n1)c1ccc(Br)cn1. The van der Waals surface area contributed by atoms with Crippen LogP contribution in [0.25, 0.3) is 0 Å². The van der Waals surface area contributed by atoms with Gasteiger partial charge in [-0.2, -0.15) is 4.39 Å². The Morgan fingerprint density at radius 1 is 1.29 bits per heavy atom. The average molecular weight is 296 g/mol. The van der Waals surface area contributed by atoms with Crippen molar-refractivity contribution in [2.45, 2.75) is 0 Å². The predicted octanol–water partition coefficient (Wildman–Crippen LogP) is 2.63. The molecule has 0 aliphatic heterocycles. The lowest BCUT2D eigenvalue weighted by Crippen LogP contribution is -2.14. The Morgan fingerprint density at radius 2 is 2.12 bits per heavy atom. The van der Waals surface area contributed by atoms with Crippen molar-refractivity contribution < 1.29 is 9.18 Å². The summed E-state index contributed by atoms with van der Waals surface area (Å²) in [4.78, 5) is 19.1. The first kappa shape index (κ1) is 11.7. The van der Waals surface area contributed by atoms with Gasteiger partial charge in [-0.1, -0.05) is 6.07 Å². The number of amides is 1. The summed E-state index contributed by atoms with van der Waals surface area (Å²) in [5.41, 5.74) is 0.235. The minimum atomic E-state index is -0.647. The summed E-state index contributed by atoms with van der Waals surface area (Å²) in [7, 11) is 0. The molecule has 4 nitrogen and oxygen atoms in total. The average Bonchev–Trinajstić information content (AvgIpc) is 2.29. The van der Waals surface area contributed by atoms with Crippen LogP contribution in [0.1, 0.15) is 10.5 Å². The van der Waals surface area contributed by atoms with Crippen LogP contribution < -0.4 is 5.32 Å². The smallest absolute Gasteiger partial charge is 0.275 e. The molecule has 0 spiro atoms. The van der Waals surface area contributed by atoms with Crippen LogP contribution in [0.3, 0.4) is 0 Å². The first-order valence-electron chi connectivity index (χ1n) is 4.70. The molecule has 0 saturated carbocycles. The molecule has 0 radical (unpaired) electrons. The van der Waals surface area contributed by atoms with Crippen molar-refractivity contribution in [1.29, 1.82) is 0 Å². The van der Waals surface area contributed by atoms with Gasteiger partial charge in [-0.15, -0.1) is 0 Å². The van der Waals surface area contributed by atoms with Gasteiger partial charge in [0.15, 0.2) is 0 Å². The number of halogens is 2. The molecular formula is C11H7BrFN3O. The minimum absolute atomic E-state index is 0.153. The summed E-state index contributed by atoms with van der Waals surface area (Å²) >= 11 is 3.21. The Balaban J connectivity index is 2.14. The summed E-state index contributed by atoms with van der Waals surface area (Å²) < 4.78 is 13.6. The number of nitrogens with one attached hydrogen (secondary N) is 1. The van der Waals surface area contributed by atoms with Crippen LogP contribution in [0, 0.1) is 5.95 Å². The Morgan fingerprint density at radius 3 is 2.76 bits per heavy atom. The van der Waals surface area contributed by atoms with E-state index < -0.39 is 11.9 Å². The zero-order valence-corrected chi connectivity index (χ0v) is 10.1. The van der Waals surface area contributed by atoms with Crippen molar-refractivity contribution >= 4 is 27.7 Å². The van der Waals surface area contributed by atoms with E-state index in [9.17, 15) is 9.18 Å². The highest BCUT2D eigenvalue weighted by atomic mass is 79.9. The number of nitrogens with zero attached hydrogens (tertiary/aromatic N) is 2. The predicted molar refractivity (Wildman–Crippen MR) is 64.1 cm³/mol. The molecule has 2 heterocycles. The Bertz CT molecular complexity index is 545. The third kappa shape index (κ3) is 3.07. The molecule has 0 atom stereocenters. The fourth-order valence-electron chi connectivity index (χ4n) is 1.17. The number of carbonyl (C=O) groups excluding carboxylic acids is 1. The maximum Gasteiger partial charge on any atom is 0.275 e. The van der Waals surface area contributed by atoms with Crippen LogP contribution in [0.4, 0.5) is 10.2 Å². The van der Waals surface area contributed by atoms with Crippen molar-refractivity contribution in [3.63, 3.8) is 0 Å². The molecule has 1 amide bonds. The van der Waals surface area contributed by atoms with Gasteiger partial charge >= 0.3 is 0 Å². The van der Waals surface area contributed by atoms with Gasteiger partial charge in [-0.3, -0.25) is 4.79 Å². The van der Waals surface area contributed by atoms with E-state index in [0.29, 0.717) is 0 Å². The normalized spacial score (nSPS) is 10.0. The first-order valence-corrected chi connectivity index (χ1v) is 5.50. The van der Waals surface area contributed by atoms with Gasteiger partial charge in [-0.05, 0) is 40.2 Å². The van der Waals surface area contributed by atoms with Crippen molar-refractivity contribution in [3.05, 3.63) is 52.6 Å². The summed E-state index contributed by atoms with van der Waals surface area (Å²) in [6, 6.07) is 7.42. The van der Waals surface area contributed by atoms with Crippen LogP contribution in [0.2, 0.25) is 0 Å². The van der Waals surface area contributed by atoms with Crippen LogP contribution >= 0.6 is 15.9 Å². The van der Waals surface area contributed by atoms with Crippen LogP contribution in [-0.4, -0.2) is 15.9 Å². The third-order valence-corrected chi connectivity index (χ3v) is 2.39. The molecule has 2 rings (SSSR count). The number of carbonyl (C=O) groups is 1. The highest BCUT2D eigenvalue weighted by Crippen LogP contribution is 2.09. The van der Waals surface area contributed by atoms with Gasteiger partial charge in [0.2, 0.25) is 5.95 Å². The van der Waals surface area contributed by atoms with E-state index in [-0.39, 0.29) is 11.5 Å². The number of anilines is 1. The molecule has 0 saturated heterocycles. The summed E-state index contributed by atoms with van der Waals surface area (Å²) in [6.45, 7) is 0. The van der Waals surface area contributed by atoms with Gasteiger partial charge < -0.3 is 5.32 Å². The van der Waals surface area contributed by atoms with Gasteiger partial charge in [0.25, 0.3) is 5.91 Å². The van der Waals surface area contributed by atoms with Crippen LogP contribution in [-0.2, 0) is 0 Å². The van der Waals surface area contributed by atoms with E-state index in [2.05, 4.69) is 31.2 Å². The number of hydrogen-bond donors (Lipinski definition) is 1. The highest BCUT2D eigenvalue weighted by molar-refractivity contribution is 9.10. The molecule has 0 aliphatic carbocycles. The number of hydrogen-bond acceptors (Lipinski definition) is 3. The second-order valence-electron chi connectivity index (χ2n) is 3.16. The molecular weight excluding hydrogens is 289 g/mol. The molecule has 0 fully saturated rings. The second kappa shape index (κ2) is 5.01. The highest BCUT2D eigenvalue weighted by Gasteiger charge is 2.08. The van der Waals surface area contributed by atoms with Crippen molar-refractivity contribution in [3.8, 4) is 0 Å². The largest absolute Gasteiger partial charge is 0.305 e. The van der Waals surface area contributed by atoms with Crippen molar-refractivity contribution in [2.75, 3.05) is 5.32 Å². The summed E-state index contributed by atoms with van der Waals surface area (Å²) in [5.74, 6) is -0.929. The minimum Gasteiger partial charge on any atom is -0.305 e. The van der Waals surface area contributed by atoms with Crippen LogP contribution in [0.15, 0.2) is 41.0 Å². The van der Waals surface area contributed by atoms with E-state index in [1.54, 1.807) is 12.1 Å². The molecule has 17 heavy (non-hydrogen) atoms. The zero-order valence-electron chi connectivity index (χ0n) is 8.52. The first-order chi connectivity index (χ1) is 8.15. The van der Waals surface area contributed by atoms with Crippen molar-refractivity contribution in [2.24, 2.45) is 0 Å². The zero-order chi connectivity index (χ0) is 12.3.